The fourth-order valence-electron chi connectivity index (χ4n) is 5.01. The minimum atomic E-state index is -0.353. The lowest BCUT2D eigenvalue weighted by molar-refractivity contribution is 0.0948. The van der Waals surface area contributed by atoms with Crippen molar-refractivity contribution in [1.82, 2.24) is 35.6 Å². The van der Waals surface area contributed by atoms with Gasteiger partial charge in [-0.25, -0.2) is 19.3 Å². The molecule has 0 aliphatic rings. The van der Waals surface area contributed by atoms with E-state index in [-0.39, 0.29) is 17.6 Å². The van der Waals surface area contributed by atoms with Gasteiger partial charge in [-0.05, 0) is 61.4 Å². The Morgan fingerprint density at radius 1 is 0.740 bits per heavy atom. The van der Waals surface area contributed by atoms with Crippen molar-refractivity contribution in [2.45, 2.75) is 12.8 Å². The summed E-state index contributed by atoms with van der Waals surface area (Å²) in [5.41, 5.74) is 3.59. The van der Waals surface area contributed by atoms with E-state index in [0.717, 1.165) is 5.69 Å². The molecular weight excluding hydrogens is 674 g/mol. The molecule has 6 rings (SSSR count). The van der Waals surface area contributed by atoms with E-state index in [1.54, 1.807) is 36.9 Å². The minimum Gasteiger partial charge on any atom is -0.373 e. The molecule has 254 valence electrons. The average molecular weight is 708 g/mol. The number of likely N-dealkylation sites (N-methyl/N-ethyl adjacent to an activating group) is 1. The van der Waals surface area contributed by atoms with Crippen molar-refractivity contribution < 1.29 is 14.0 Å². The van der Waals surface area contributed by atoms with E-state index in [0.29, 0.717) is 87.3 Å². The van der Waals surface area contributed by atoms with Crippen LogP contribution in [0.5, 0.6) is 0 Å². The number of hydrogen-bond acceptors (Lipinski definition) is 11. The highest BCUT2D eigenvalue weighted by atomic mass is 32.1. The van der Waals surface area contributed by atoms with E-state index >= 15 is 0 Å². The SMILES string of the molecule is CN(CCNC(=O)c1sc(-c2ccc(F)cc2)nc1CCc1nc(-c2ccccn2)sc1C(=O)NCCNc1cnccn1)c1ccccc1. The van der Waals surface area contributed by atoms with Crippen LogP contribution in [0.15, 0.2) is 97.6 Å². The monoisotopic (exact) mass is 707 g/mol. The van der Waals surface area contributed by atoms with Crippen molar-refractivity contribution in [1.29, 1.82) is 0 Å². The van der Waals surface area contributed by atoms with Crippen LogP contribution in [0.25, 0.3) is 21.3 Å². The highest BCUT2D eigenvalue weighted by molar-refractivity contribution is 7.17. The van der Waals surface area contributed by atoms with E-state index in [2.05, 4.69) is 35.8 Å². The Labute approximate surface area is 296 Å². The van der Waals surface area contributed by atoms with Crippen molar-refractivity contribution in [3.05, 3.63) is 125 Å². The maximum atomic E-state index is 13.7. The third-order valence-electron chi connectivity index (χ3n) is 7.59. The molecule has 0 bridgehead atoms. The van der Waals surface area contributed by atoms with Crippen LogP contribution in [0.1, 0.15) is 30.7 Å². The van der Waals surface area contributed by atoms with Crippen LogP contribution in [-0.4, -0.2) is 70.0 Å². The molecule has 6 aromatic rings. The van der Waals surface area contributed by atoms with Gasteiger partial charge < -0.3 is 20.9 Å². The number of amides is 2. The van der Waals surface area contributed by atoms with E-state index in [9.17, 15) is 14.0 Å². The number of benzene rings is 2. The van der Waals surface area contributed by atoms with Crippen molar-refractivity contribution in [2.24, 2.45) is 0 Å². The molecule has 50 heavy (non-hydrogen) atoms. The molecule has 0 fully saturated rings. The number of nitrogens with zero attached hydrogens (tertiary/aromatic N) is 6. The van der Waals surface area contributed by atoms with E-state index in [4.69, 9.17) is 9.97 Å². The summed E-state index contributed by atoms with van der Waals surface area (Å²) in [4.78, 5) is 52.4. The summed E-state index contributed by atoms with van der Waals surface area (Å²) in [6.45, 7) is 1.83. The molecule has 11 nitrogen and oxygen atoms in total. The van der Waals surface area contributed by atoms with E-state index in [1.807, 2.05) is 55.6 Å². The lowest BCUT2D eigenvalue weighted by atomic mass is 10.1. The molecule has 4 heterocycles. The van der Waals surface area contributed by atoms with E-state index in [1.165, 1.54) is 34.8 Å². The predicted octanol–water partition coefficient (Wildman–Crippen LogP) is 5.75. The Kier molecular flexibility index (Phi) is 11.4. The van der Waals surface area contributed by atoms with Gasteiger partial charge in [0, 0.05) is 63.1 Å². The highest BCUT2D eigenvalue weighted by Crippen LogP contribution is 2.31. The van der Waals surface area contributed by atoms with E-state index < -0.39 is 0 Å². The second kappa shape index (κ2) is 16.7. The molecule has 0 aliphatic heterocycles. The zero-order valence-corrected chi connectivity index (χ0v) is 28.8. The number of pyridine rings is 1. The Morgan fingerprint density at radius 2 is 1.42 bits per heavy atom. The molecule has 2 aromatic carbocycles. The van der Waals surface area contributed by atoms with Crippen LogP contribution in [0.2, 0.25) is 0 Å². The molecule has 3 N–H and O–H groups in total. The number of para-hydroxylation sites is 1. The molecule has 0 atom stereocenters. The summed E-state index contributed by atoms with van der Waals surface area (Å²) in [6.07, 6.45) is 7.18. The molecule has 2 amide bonds. The van der Waals surface area contributed by atoms with Crippen molar-refractivity contribution in [3.8, 4) is 21.3 Å². The van der Waals surface area contributed by atoms with Gasteiger partial charge in [0.25, 0.3) is 11.8 Å². The number of rotatable bonds is 15. The number of anilines is 2. The standard InChI is InChI=1S/C36H34FN9O2S2/c1-46(26-7-3-2-4-8-26)22-21-43-34(48)31-27(44-35(49-31)24-10-12-25(37)13-11-24)14-15-28-32(50-36(45-28)29-9-5-6-16-39-29)33(47)42-20-19-41-30-23-38-17-18-40-30/h2-13,16-18,23H,14-15,19-22H2,1H3,(H,40,41)(H,42,47)(H,43,48). The Balaban J connectivity index is 1.19. The summed E-state index contributed by atoms with van der Waals surface area (Å²) >= 11 is 2.53. The average Bonchev–Trinajstić information content (AvgIpc) is 3.79. The van der Waals surface area contributed by atoms with Crippen LogP contribution < -0.4 is 20.9 Å². The molecule has 14 heteroatoms. The molecular formula is C36H34FN9O2S2. The van der Waals surface area contributed by atoms with Crippen LogP contribution >= 0.6 is 22.7 Å². The smallest absolute Gasteiger partial charge is 0.263 e. The number of hydrogen-bond donors (Lipinski definition) is 3. The minimum absolute atomic E-state index is 0.242. The zero-order chi connectivity index (χ0) is 34.7. The number of aryl methyl sites for hydroxylation is 2. The van der Waals surface area contributed by atoms with Gasteiger partial charge >= 0.3 is 0 Å². The summed E-state index contributed by atoms with van der Waals surface area (Å²) in [7, 11) is 1.97. The first-order valence-corrected chi connectivity index (χ1v) is 17.6. The summed E-state index contributed by atoms with van der Waals surface area (Å²) in [5, 5.41) is 10.4. The van der Waals surface area contributed by atoms with Gasteiger partial charge in [0.15, 0.2) is 0 Å². The summed E-state index contributed by atoms with van der Waals surface area (Å²) < 4.78 is 13.7. The zero-order valence-electron chi connectivity index (χ0n) is 27.2. The van der Waals surface area contributed by atoms with Gasteiger partial charge in [0.2, 0.25) is 0 Å². The van der Waals surface area contributed by atoms with Gasteiger partial charge in [-0.15, -0.1) is 22.7 Å². The largest absolute Gasteiger partial charge is 0.373 e. The summed E-state index contributed by atoms with van der Waals surface area (Å²) in [6, 6.07) is 21.5. The van der Waals surface area contributed by atoms with Crippen LogP contribution in [0, 0.1) is 5.82 Å². The number of nitrogens with one attached hydrogen (secondary N) is 3. The normalized spacial score (nSPS) is 10.8. The lowest BCUT2D eigenvalue weighted by Crippen LogP contribution is -2.33. The fraction of sp³-hybridized carbons (Fsp3) is 0.194. The van der Waals surface area contributed by atoms with Gasteiger partial charge in [0.1, 0.15) is 31.4 Å². The lowest BCUT2D eigenvalue weighted by Gasteiger charge is -2.19. The first kappa shape index (κ1) is 34.3. The van der Waals surface area contributed by atoms with Gasteiger partial charge in [-0.2, -0.15) is 0 Å². The predicted molar refractivity (Wildman–Crippen MR) is 195 cm³/mol. The summed E-state index contributed by atoms with van der Waals surface area (Å²) in [5.74, 6) is -0.239. The van der Waals surface area contributed by atoms with Crippen molar-refractivity contribution in [2.75, 3.05) is 43.4 Å². The maximum Gasteiger partial charge on any atom is 0.263 e. The first-order valence-electron chi connectivity index (χ1n) is 15.9. The van der Waals surface area contributed by atoms with Crippen molar-refractivity contribution >= 4 is 46.0 Å². The quantitative estimate of drug-likeness (QED) is 0.114. The molecule has 0 saturated heterocycles. The van der Waals surface area contributed by atoms with Crippen LogP contribution in [0.4, 0.5) is 15.9 Å². The van der Waals surface area contributed by atoms with Gasteiger partial charge in [0.05, 0.1) is 23.3 Å². The fourth-order valence-corrected chi connectivity index (χ4v) is 7.05. The third kappa shape index (κ3) is 8.89. The molecule has 0 radical (unpaired) electrons. The number of thiazole rings is 2. The number of halogens is 1. The molecule has 0 aliphatic carbocycles. The van der Waals surface area contributed by atoms with Crippen LogP contribution in [-0.2, 0) is 12.8 Å². The number of carbonyl (C=O) groups is 2. The van der Waals surface area contributed by atoms with Gasteiger partial charge in [-0.3, -0.25) is 19.6 Å². The Bertz CT molecular complexity index is 2010. The number of carbonyl (C=O) groups excluding carboxylic acids is 2. The second-order valence-corrected chi connectivity index (χ2v) is 13.1. The second-order valence-electron chi connectivity index (χ2n) is 11.1. The van der Waals surface area contributed by atoms with Gasteiger partial charge in [-0.1, -0.05) is 24.3 Å². The first-order chi connectivity index (χ1) is 24.4. The molecule has 0 saturated carbocycles. The maximum absolute atomic E-state index is 13.7. The Hall–Kier alpha value is -5.60. The van der Waals surface area contributed by atoms with Crippen LogP contribution in [0.3, 0.4) is 0 Å². The third-order valence-corrected chi connectivity index (χ3v) is 9.85. The topological polar surface area (TPSA) is 138 Å². The van der Waals surface area contributed by atoms with Crippen molar-refractivity contribution in [3.63, 3.8) is 0 Å². The number of aromatic nitrogens is 5. The highest BCUT2D eigenvalue weighted by Gasteiger charge is 2.23. The molecule has 4 aromatic heterocycles. The molecule has 0 unspecified atom stereocenters. The molecule has 0 spiro atoms. The Morgan fingerprint density at radius 3 is 2.10 bits per heavy atom.